The SMILES string of the molecule is CN=Nc1ccccc1C(=O)CCN(C)CCC(=O)c1ccccc1N=NC. The predicted molar refractivity (Wildman–Crippen MR) is 109 cm³/mol. The second-order valence-corrected chi connectivity index (χ2v) is 6.28. The number of hydrogen-bond donors (Lipinski definition) is 0. The molecule has 2 aromatic carbocycles. The fourth-order valence-corrected chi connectivity index (χ4v) is 2.77. The minimum absolute atomic E-state index is 0.00915. The van der Waals surface area contributed by atoms with Gasteiger partial charge in [0.1, 0.15) is 0 Å². The third-order valence-corrected chi connectivity index (χ3v) is 4.27. The van der Waals surface area contributed by atoms with Crippen LogP contribution in [0, 0.1) is 0 Å². The Morgan fingerprint density at radius 3 is 1.54 bits per heavy atom. The second kappa shape index (κ2) is 10.9. The molecule has 0 atom stereocenters. The van der Waals surface area contributed by atoms with Gasteiger partial charge in [-0.3, -0.25) is 9.59 Å². The summed E-state index contributed by atoms with van der Waals surface area (Å²) < 4.78 is 0. The van der Waals surface area contributed by atoms with Gasteiger partial charge in [0.25, 0.3) is 0 Å². The molecule has 0 saturated heterocycles. The molecule has 0 saturated carbocycles. The zero-order chi connectivity index (χ0) is 20.4. The maximum atomic E-state index is 12.5. The van der Waals surface area contributed by atoms with Gasteiger partial charge in [-0.25, -0.2) is 0 Å². The molecule has 0 aliphatic rings. The van der Waals surface area contributed by atoms with Crippen molar-refractivity contribution in [1.82, 2.24) is 4.90 Å². The standard InChI is InChI=1S/C21H25N5O2/c1-22-24-18-10-6-4-8-16(18)20(27)12-14-26(3)15-13-21(28)17-9-5-7-11-19(17)25-23-2/h4-11H,12-15H2,1-3H3. The molecular weight excluding hydrogens is 354 g/mol. The molecule has 0 amide bonds. The van der Waals surface area contributed by atoms with Gasteiger partial charge in [-0.15, -0.1) is 0 Å². The highest BCUT2D eigenvalue weighted by atomic mass is 16.1. The first-order chi connectivity index (χ1) is 13.6. The van der Waals surface area contributed by atoms with Gasteiger partial charge in [-0.2, -0.15) is 20.5 Å². The Hall–Kier alpha value is -3.06. The summed E-state index contributed by atoms with van der Waals surface area (Å²) in [6.45, 7) is 1.11. The number of rotatable bonds is 10. The van der Waals surface area contributed by atoms with Crippen molar-refractivity contribution in [2.45, 2.75) is 12.8 Å². The van der Waals surface area contributed by atoms with Crippen LogP contribution in [0.3, 0.4) is 0 Å². The van der Waals surface area contributed by atoms with E-state index in [2.05, 4.69) is 20.5 Å². The maximum Gasteiger partial charge on any atom is 0.166 e. The Morgan fingerprint density at radius 2 is 1.14 bits per heavy atom. The molecule has 0 N–H and O–H groups in total. The van der Waals surface area contributed by atoms with E-state index in [4.69, 9.17) is 0 Å². The molecule has 0 heterocycles. The predicted octanol–water partition coefficient (Wildman–Crippen LogP) is 4.89. The molecule has 146 valence electrons. The first kappa shape index (κ1) is 21.2. The molecule has 0 fully saturated rings. The number of hydrogen-bond acceptors (Lipinski definition) is 7. The van der Waals surface area contributed by atoms with Gasteiger partial charge in [0.2, 0.25) is 0 Å². The normalized spacial score (nSPS) is 11.6. The summed E-state index contributed by atoms with van der Waals surface area (Å²) in [5.41, 5.74) is 2.29. The zero-order valence-electron chi connectivity index (χ0n) is 16.5. The van der Waals surface area contributed by atoms with E-state index in [-0.39, 0.29) is 11.6 Å². The Morgan fingerprint density at radius 1 is 0.750 bits per heavy atom. The van der Waals surface area contributed by atoms with E-state index in [1.54, 1.807) is 38.4 Å². The van der Waals surface area contributed by atoms with E-state index in [0.717, 1.165) is 0 Å². The first-order valence-corrected chi connectivity index (χ1v) is 9.09. The van der Waals surface area contributed by atoms with Crippen molar-refractivity contribution >= 4 is 22.9 Å². The smallest absolute Gasteiger partial charge is 0.166 e. The van der Waals surface area contributed by atoms with Gasteiger partial charge >= 0.3 is 0 Å². The summed E-state index contributed by atoms with van der Waals surface area (Å²) in [5.74, 6) is 0.0183. The molecule has 0 aliphatic heterocycles. The zero-order valence-corrected chi connectivity index (χ0v) is 16.5. The summed E-state index contributed by atoms with van der Waals surface area (Å²) in [7, 11) is 5.05. The lowest BCUT2D eigenvalue weighted by molar-refractivity contribution is 0.0957. The number of carbonyl (C=O) groups is 2. The van der Waals surface area contributed by atoms with Crippen molar-refractivity contribution in [3.63, 3.8) is 0 Å². The minimum Gasteiger partial charge on any atom is -0.305 e. The molecule has 0 unspecified atom stereocenters. The highest BCUT2D eigenvalue weighted by Crippen LogP contribution is 2.22. The van der Waals surface area contributed by atoms with Crippen LogP contribution >= 0.6 is 0 Å². The van der Waals surface area contributed by atoms with E-state index < -0.39 is 0 Å². The highest BCUT2D eigenvalue weighted by molar-refractivity contribution is 6.01. The van der Waals surface area contributed by atoms with Crippen molar-refractivity contribution < 1.29 is 9.59 Å². The van der Waals surface area contributed by atoms with Gasteiger partial charge in [0.05, 0.1) is 11.4 Å². The number of benzene rings is 2. The summed E-state index contributed by atoms with van der Waals surface area (Å²) in [4.78, 5) is 27.0. The van der Waals surface area contributed by atoms with Crippen LogP contribution in [0.5, 0.6) is 0 Å². The molecule has 2 rings (SSSR count). The van der Waals surface area contributed by atoms with Crippen LogP contribution in [-0.4, -0.2) is 50.7 Å². The number of carbonyl (C=O) groups excluding carboxylic acids is 2. The summed E-state index contributed by atoms with van der Waals surface area (Å²) in [6.07, 6.45) is 0.698. The topological polar surface area (TPSA) is 86.8 Å². The maximum absolute atomic E-state index is 12.5. The molecule has 0 radical (unpaired) electrons. The van der Waals surface area contributed by atoms with Crippen LogP contribution in [-0.2, 0) is 0 Å². The van der Waals surface area contributed by atoms with E-state index in [0.29, 0.717) is 48.4 Å². The average Bonchev–Trinajstić information content (AvgIpc) is 2.71. The van der Waals surface area contributed by atoms with Gasteiger partial charge in [-0.05, 0) is 31.3 Å². The largest absolute Gasteiger partial charge is 0.305 e. The molecule has 0 aromatic heterocycles. The van der Waals surface area contributed by atoms with Crippen molar-refractivity contribution in [3.8, 4) is 0 Å². The lowest BCUT2D eigenvalue weighted by Gasteiger charge is -2.16. The van der Waals surface area contributed by atoms with Crippen LogP contribution in [0.15, 0.2) is 69.0 Å². The molecule has 2 aromatic rings. The fraction of sp³-hybridized carbons (Fsp3) is 0.333. The third kappa shape index (κ3) is 5.99. The number of nitrogens with zero attached hydrogens (tertiary/aromatic N) is 5. The van der Waals surface area contributed by atoms with Gasteiger partial charge in [0, 0.05) is 51.2 Å². The highest BCUT2D eigenvalue weighted by Gasteiger charge is 2.14. The van der Waals surface area contributed by atoms with Crippen molar-refractivity contribution in [2.75, 3.05) is 34.2 Å². The van der Waals surface area contributed by atoms with E-state index in [9.17, 15) is 9.59 Å². The molecule has 0 aliphatic carbocycles. The number of ketones is 2. The van der Waals surface area contributed by atoms with Crippen molar-refractivity contribution in [1.29, 1.82) is 0 Å². The van der Waals surface area contributed by atoms with Crippen molar-refractivity contribution in [3.05, 3.63) is 59.7 Å². The monoisotopic (exact) mass is 379 g/mol. The average molecular weight is 379 g/mol. The van der Waals surface area contributed by atoms with Crippen LogP contribution in [0.25, 0.3) is 0 Å². The van der Waals surface area contributed by atoms with Gasteiger partial charge < -0.3 is 4.90 Å². The van der Waals surface area contributed by atoms with Crippen LogP contribution in [0.2, 0.25) is 0 Å². The third-order valence-electron chi connectivity index (χ3n) is 4.27. The molecule has 28 heavy (non-hydrogen) atoms. The molecule has 7 heteroatoms. The Kier molecular flexibility index (Phi) is 8.30. The van der Waals surface area contributed by atoms with Crippen LogP contribution < -0.4 is 0 Å². The van der Waals surface area contributed by atoms with Crippen molar-refractivity contribution in [2.24, 2.45) is 20.5 Å². The van der Waals surface area contributed by atoms with E-state index in [1.807, 2.05) is 36.2 Å². The Labute approximate surface area is 165 Å². The molecule has 0 bridgehead atoms. The second-order valence-electron chi connectivity index (χ2n) is 6.28. The fourth-order valence-electron chi connectivity index (χ4n) is 2.77. The van der Waals surface area contributed by atoms with E-state index >= 15 is 0 Å². The summed E-state index contributed by atoms with van der Waals surface area (Å²) in [6, 6.07) is 14.3. The quantitative estimate of drug-likeness (QED) is 0.435. The van der Waals surface area contributed by atoms with Gasteiger partial charge in [0.15, 0.2) is 11.6 Å². The van der Waals surface area contributed by atoms with Gasteiger partial charge in [-0.1, -0.05) is 24.3 Å². The number of azo groups is 2. The molecule has 0 spiro atoms. The Balaban J connectivity index is 1.89. The lowest BCUT2D eigenvalue weighted by Crippen LogP contribution is -2.25. The van der Waals surface area contributed by atoms with Crippen LogP contribution in [0.1, 0.15) is 33.6 Å². The summed E-state index contributed by atoms with van der Waals surface area (Å²) >= 11 is 0. The lowest BCUT2D eigenvalue weighted by atomic mass is 10.1. The number of Topliss-reactive ketones (excluding diaryl/α,β-unsaturated/α-hetero) is 2. The van der Waals surface area contributed by atoms with Crippen LogP contribution in [0.4, 0.5) is 11.4 Å². The first-order valence-electron chi connectivity index (χ1n) is 9.09. The summed E-state index contributed by atoms with van der Waals surface area (Å²) in [5, 5.41) is 15.5. The van der Waals surface area contributed by atoms with E-state index in [1.165, 1.54) is 0 Å². The Bertz CT molecular complexity index is 805. The minimum atomic E-state index is 0.00915. The molecular formula is C21H25N5O2. The molecule has 7 nitrogen and oxygen atoms in total.